The summed E-state index contributed by atoms with van der Waals surface area (Å²) in [5, 5.41) is 25.9. The number of carbonyl (C=O) groups excluding carboxylic acids is 6. The van der Waals surface area contributed by atoms with Crippen molar-refractivity contribution in [3.05, 3.63) is 209 Å². The number of benzene rings is 6. The highest BCUT2D eigenvalue weighted by molar-refractivity contribution is 5.99. The molecule has 6 amide bonds. The minimum absolute atomic E-state index is 0.00622. The van der Waals surface area contributed by atoms with E-state index < -0.39 is 83.4 Å². The molecule has 2 aliphatic heterocycles. The average Bonchev–Trinajstić information content (AvgIpc) is 4.27. The van der Waals surface area contributed by atoms with Crippen LogP contribution in [0, 0.1) is 0 Å². The van der Waals surface area contributed by atoms with Crippen LogP contribution in [-0.4, -0.2) is 99.3 Å². The predicted molar refractivity (Wildman–Crippen MR) is 298 cm³/mol. The lowest BCUT2D eigenvalue weighted by molar-refractivity contribution is -0.144. The minimum Gasteiger partial charge on any atom is -0.508 e. The van der Waals surface area contributed by atoms with E-state index in [1.807, 2.05) is 153 Å². The number of aromatic hydroxyl groups is 1. The van der Waals surface area contributed by atoms with Crippen LogP contribution in [0.5, 0.6) is 5.75 Å². The summed E-state index contributed by atoms with van der Waals surface area (Å²) in [4.78, 5) is 95.5. The van der Waals surface area contributed by atoms with Gasteiger partial charge in [-0.3, -0.25) is 28.8 Å². The quantitative estimate of drug-likeness (QED) is 0.0535. The summed E-state index contributed by atoms with van der Waals surface area (Å²) in [5.74, 6) is -3.86. The zero-order chi connectivity index (χ0) is 54.6. The summed E-state index contributed by atoms with van der Waals surface area (Å²) in [7, 11) is 0. The second-order valence-corrected chi connectivity index (χ2v) is 20.3. The van der Waals surface area contributed by atoms with Crippen molar-refractivity contribution in [3.63, 3.8) is 0 Å². The third kappa shape index (κ3) is 12.5. The van der Waals surface area contributed by atoms with Crippen molar-refractivity contribution in [1.82, 2.24) is 36.5 Å². The number of ether oxygens (including phenoxy) is 1. The number of nitrogens with one attached hydrogen (secondary N) is 6. The van der Waals surface area contributed by atoms with Gasteiger partial charge in [0.05, 0.1) is 6.10 Å². The van der Waals surface area contributed by atoms with Crippen LogP contribution in [0.1, 0.15) is 79.3 Å². The Balaban J connectivity index is 1.15. The molecule has 0 aliphatic carbocycles. The maximum atomic E-state index is 15.6. The maximum absolute atomic E-state index is 15.6. The number of unbranched alkanes of at least 4 members (excludes halogenated alkanes) is 1. The minimum atomic E-state index is -1.49. The van der Waals surface area contributed by atoms with E-state index in [1.165, 1.54) is 17.0 Å². The molecule has 0 unspecified atom stereocenters. The summed E-state index contributed by atoms with van der Waals surface area (Å²) < 4.78 is 7.40. The number of carbonyl (C=O) groups is 6. The Kier molecular flexibility index (Phi) is 17.4. The third-order valence-electron chi connectivity index (χ3n) is 14.9. The van der Waals surface area contributed by atoms with Gasteiger partial charge in [0.1, 0.15) is 47.6 Å². The molecule has 7 atom stereocenters. The Labute approximate surface area is 454 Å². The van der Waals surface area contributed by atoms with Crippen molar-refractivity contribution in [1.29, 1.82) is 0 Å². The number of nitrogens with zero attached hydrogens (tertiary/aromatic N) is 1. The molecule has 3 heterocycles. The van der Waals surface area contributed by atoms with Crippen molar-refractivity contribution in [2.24, 2.45) is 0 Å². The van der Waals surface area contributed by atoms with Crippen molar-refractivity contribution >= 4 is 46.3 Å². The van der Waals surface area contributed by atoms with Gasteiger partial charge in [0.15, 0.2) is 0 Å². The maximum Gasteiger partial charge on any atom is 0.246 e. The normalized spacial score (nSPS) is 21.3. The van der Waals surface area contributed by atoms with Gasteiger partial charge in [-0.1, -0.05) is 171 Å². The molecule has 2 aliphatic rings. The van der Waals surface area contributed by atoms with Gasteiger partial charge in [-0.25, -0.2) is 0 Å². The molecule has 0 spiro atoms. The molecule has 15 nitrogen and oxygen atoms in total. The fourth-order valence-electron chi connectivity index (χ4n) is 10.8. The highest BCUT2D eigenvalue weighted by Gasteiger charge is 2.45. The molecule has 7 aromatic rings. The molecule has 1 aromatic heterocycles. The molecular formula is C63H67N7O8. The first kappa shape index (κ1) is 54.2. The second kappa shape index (κ2) is 25.1. The Morgan fingerprint density at radius 2 is 1.06 bits per heavy atom. The van der Waals surface area contributed by atoms with Crippen LogP contribution >= 0.6 is 0 Å². The number of aromatic amines is 1. The molecule has 0 saturated carbocycles. The monoisotopic (exact) mass is 1050 g/mol. The summed E-state index contributed by atoms with van der Waals surface area (Å²) in [5.41, 5.74) is 3.77. The number of rotatable bonds is 15. The van der Waals surface area contributed by atoms with E-state index in [0.29, 0.717) is 30.4 Å². The molecule has 2 fully saturated rings. The first-order valence-electron chi connectivity index (χ1n) is 27.0. The van der Waals surface area contributed by atoms with Crippen LogP contribution in [0.15, 0.2) is 176 Å². The van der Waals surface area contributed by atoms with Gasteiger partial charge in [-0.15, -0.1) is 0 Å². The first-order chi connectivity index (χ1) is 37.9. The van der Waals surface area contributed by atoms with Gasteiger partial charge in [-0.05, 0) is 77.8 Å². The Bertz CT molecular complexity index is 3080. The fraction of sp³-hybridized carbons (Fsp3) is 0.302. The zero-order valence-corrected chi connectivity index (χ0v) is 43.9. The first-order valence-corrected chi connectivity index (χ1v) is 27.0. The largest absolute Gasteiger partial charge is 0.508 e. The van der Waals surface area contributed by atoms with Crippen LogP contribution in [-0.2, 0) is 58.4 Å². The molecule has 2 saturated heterocycles. The van der Waals surface area contributed by atoms with Crippen LogP contribution in [0.3, 0.4) is 0 Å². The predicted octanol–water partition coefficient (Wildman–Crippen LogP) is 6.92. The number of fused-ring (bicyclic) bond motifs is 2. The Morgan fingerprint density at radius 3 is 1.68 bits per heavy atom. The Morgan fingerprint density at radius 1 is 0.564 bits per heavy atom. The molecular weight excluding hydrogens is 983 g/mol. The molecule has 0 bridgehead atoms. The van der Waals surface area contributed by atoms with E-state index in [2.05, 4.69) is 31.6 Å². The summed E-state index contributed by atoms with van der Waals surface area (Å²) in [6.45, 7) is 3.85. The molecule has 0 radical (unpaired) electrons. The van der Waals surface area contributed by atoms with Crippen molar-refractivity contribution < 1.29 is 38.6 Å². The smallest absolute Gasteiger partial charge is 0.246 e. The van der Waals surface area contributed by atoms with Gasteiger partial charge >= 0.3 is 0 Å². The van der Waals surface area contributed by atoms with Crippen molar-refractivity contribution in [3.8, 4) is 5.75 Å². The number of H-pyrrole nitrogens is 1. The molecule has 7 N–H and O–H groups in total. The number of amides is 6. The molecule has 15 heteroatoms. The lowest BCUT2D eigenvalue weighted by Gasteiger charge is -2.40. The van der Waals surface area contributed by atoms with Crippen LogP contribution in [0.25, 0.3) is 10.9 Å². The molecule has 78 heavy (non-hydrogen) atoms. The summed E-state index contributed by atoms with van der Waals surface area (Å²) >= 11 is 0. The average molecular weight is 1050 g/mol. The van der Waals surface area contributed by atoms with Gasteiger partial charge in [0.2, 0.25) is 35.4 Å². The number of hydrogen-bond donors (Lipinski definition) is 7. The molecule has 402 valence electrons. The number of aromatic nitrogens is 1. The van der Waals surface area contributed by atoms with Gasteiger partial charge in [0.25, 0.3) is 0 Å². The fourth-order valence-corrected chi connectivity index (χ4v) is 10.8. The number of hydrogen-bond acceptors (Lipinski definition) is 8. The lowest BCUT2D eigenvalue weighted by Crippen LogP contribution is -2.63. The number of phenols is 1. The standard InChI is InChI=1S/C63H67N7O8/c1-3-4-29-51-57(72)69-56(41(2)78-63(45-22-11-6-12-23-45,46-24-13-7-14-25-46)47-26-15-8-16-27-47)61(76)68-54(38-42-20-9-5-10-21-42)62(77)70-36-19-31-55(70)60(75)67-52(37-43-32-34-48(71)35-33-43)58(73)66-53(59(74)65-51)39-44-40-64-50-30-18-17-28-49(44)50/h5-18,20-28,30,32-35,40-41,51-56,64,71H,3-4,19,29,31,36-39H2,1-2H3,(H,65,74)(H,66,73)(H,67,75)(H,68,76)(H,69,72)/t41-,51+,52+,53-,54+,55+,56+/m1/s1. The van der Waals surface area contributed by atoms with E-state index in [1.54, 1.807) is 25.3 Å². The van der Waals surface area contributed by atoms with Crippen LogP contribution in [0.4, 0.5) is 0 Å². The summed E-state index contributed by atoms with van der Waals surface area (Å²) in [6.07, 6.45) is 2.69. The van der Waals surface area contributed by atoms with E-state index >= 15 is 19.2 Å². The summed E-state index contributed by atoms with van der Waals surface area (Å²) in [6, 6.07) is 44.3. The highest BCUT2D eigenvalue weighted by atomic mass is 16.5. The van der Waals surface area contributed by atoms with Crippen LogP contribution in [0.2, 0.25) is 0 Å². The molecule has 9 rings (SSSR count). The lowest BCUT2D eigenvalue weighted by atomic mass is 9.79. The highest BCUT2D eigenvalue weighted by Crippen LogP contribution is 2.42. The SMILES string of the molecule is CCCC[C@@H]1NC(=O)[C@@H](Cc2c[nH]c3ccccc23)NC(=O)[C@H](Cc2ccc(O)cc2)NC(=O)[C@@H]2CCCN2C(=O)[C@H](Cc2ccccc2)NC(=O)[C@H]([C@@H](C)OC(c2ccccc2)(c2ccccc2)c2ccccc2)NC1=O. The van der Waals surface area contributed by atoms with E-state index in [-0.39, 0.29) is 44.4 Å². The number of phenolic OH excluding ortho intramolecular Hbond substituents is 1. The Hall–Kier alpha value is -8.56. The second-order valence-electron chi connectivity index (χ2n) is 20.3. The third-order valence-corrected chi connectivity index (χ3v) is 14.9. The van der Waals surface area contributed by atoms with Crippen molar-refractivity contribution in [2.45, 2.75) is 113 Å². The number of para-hydroxylation sites is 1. The van der Waals surface area contributed by atoms with Gasteiger partial charge in [-0.2, -0.15) is 0 Å². The van der Waals surface area contributed by atoms with E-state index in [0.717, 1.165) is 33.2 Å². The topological polar surface area (TPSA) is 211 Å². The molecule has 6 aromatic carbocycles. The van der Waals surface area contributed by atoms with Gasteiger partial charge in [0, 0.05) is 42.9 Å². The van der Waals surface area contributed by atoms with E-state index in [9.17, 15) is 14.7 Å². The van der Waals surface area contributed by atoms with Gasteiger partial charge < -0.3 is 46.3 Å². The van der Waals surface area contributed by atoms with Crippen molar-refractivity contribution in [2.75, 3.05) is 6.54 Å². The van der Waals surface area contributed by atoms with E-state index in [4.69, 9.17) is 4.74 Å². The zero-order valence-electron chi connectivity index (χ0n) is 43.9. The van der Waals surface area contributed by atoms with Crippen LogP contribution < -0.4 is 26.6 Å².